The third-order valence-electron chi connectivity index (χ3n) is 3.72. The monoisotopic (exact) mass is 323 g/mol. The predicted molar refractivity (Wildman–Crippen MR) is 85.9 cm³/mol. The standard InChI is InChI=1S/C16H21NO4S/c1-12-3-2-4-13(9-12)10-22-11-14(18)17-16(15(19)20)5-7-21-8-6-16/h2-4,9H,5-8,10-11H2,1H3,(H,17,18)(H,19,20). The summed E-state index contributed by atoms with van der Waals surface area (Å²) in [6, 6.07) is 8.13. The molecule has 0 unspecified atom stereocenters. The minimum Gasteiger partial charge on any atom is -0.480 e. The van der Waals surface area contributed by atoms with Crippen LogP contribution in [0.2, 0.25) is 0 Å². The zero-order chi connectivity index (χ0) is 16.0. The summed E-state index contributed by atoms with van der Waals surface area (Å²) in [6.07, 6.45) is 0.632. The Bertz CT molecular complexity index is 541. The van der Waals surface area contributed by atoms with Gasteiger partial charge in [0.2, 0.25) is 5.91 Å². The fourth-order valence-corrected chi connectivity index (χ4v) is 3.25. The van der Waals surface area contributed by atoms with Gasteiger partial charge in [0.25, 0.3) is 0 Å². The van der Waals surface area contributed by atoms with Gasteiger partial charge >= 0.3 is 5.97 Å². The zero-order valence-electron chi connectivity index (χ0n) is 12.6. The van der Waals surface area contributed by atoms with Crippen LogP contribution in [0.1, 0.15) is 24.0 Å². The first kappa shape index (κ1) is 16.8. The molecule has 1 saturated heterocycles. The van der Waals surface area contributed by atoms with Crippen molar-refractivity contribution in [3.05, 3.63) is 35.4 Å². The van der Waals surface area contributed by atoms with Gasteiger partial charge in [0.05, 0.1) is 5.75 Å². The molecule has 0 saturated carbocycles. The number of amides is 1. The number of nitrogens with one attached hydrogen (secondary N) is 1. The van der Waals surface area contributed by atoms with E-state index in [1.165, 1.54) is 17.3 Å². The van der Waals surface area contributed by atoms with Crippen molar-refractivity contribution in [1.29, 1.82) is 0 Å². The predicted octanol–water partition coefficient (Wildman–Crippen LogP) is 1.98. The van der Waals surface area contributed by atoms with E-state index in [-0.39, 0.29) is 11.7 Å². The average Bonchev–Trinajstić information content (AvgIpc) is 2.48. The highest BCUT2D eigenvalue weighted by molar-refractivity contribution is 7.99. The second-order valence-corrected chi connectivity index (χ2v) is 6.52. The summed E-state index contributed by atoms with van der Waals surface area (Å²) in [4.78, 5) is 23.5. The van der Waals surface area contributed by atoms with E-state index in [1.807, 2.05) is 25.1 Å². The van der Waals surface area contributed by atoms with Gasteiger partial charge in [-0.2, -0.15) is 0 Å². The summed E-state index contributed by atoms with van der Waals surface area (Å²) < 4.78 is 5.19. The van der Waals surface area contributed by atoms with E-state index in [9.17, 15) is 14.7 Å². The number of rotatable bonds is 6. The number of thioether (sulfide) groups is 1. The first-order valence-corrected chi connectivity index (χ1v) is 8.43. The number of carboxylic acid groups (broad SMARTS) is 1. The van der Waals surface area contributed by atoms with Crippen LogP contribution in [0.25, 0.3) is 0 Å². The molecule has 1 aromatic carbocycles. The molecule has 1 aliphatic rings. The van der Waals surface area contributed by atoms with Crippen LogP contribution in [-0.4, -0.2) is 41.5 Å². The van der Waals surface area contributed by atoms with Crippen molar-refractivity contribution in [2.24, 2.45) is 0 Å². The lowest BCUT2D eigenvalue weighted by Gasteiger charge is -2.33. The fraction of sp³-hybridized carbons (Fsp3) is 0.500. The molecule has 0 spiro atoms. The summed E-state index contributed by atoms with van der Waals surface area (Å²) in [6.45, 7) is 2.76. The lowest BCUT2D eigenvalue weighted by Crippen LogP contribution is -2.57. The molecular formula is C16H21NO4S. The topological polar surface area (TPSA) is 75.6 Å². The number of aliphatic carboxylic acids is 1. The van der Waals surface area contributed by atoms with Gasteiger partial charge in [0, 0.05) is 31.8 Å². The maximum atomic E-state index is 12.0. The molecule has 120 valence electrons. The maximum Gasteiger partial charge on any atom is 0.329 e. The Balaban J connectivity index is 1.83. The van der Waals surface area contributed by atoms with Crippen LogP contribution in [0.3, 0.4) is 0 Å². The van der Waals surface area contributed by atoms with Crippen LogP contribution in [0.15, 0.2) is 24.3 Å². The smallest absolute Gasteiger partial charge is 0.329 e. The Morgan fingerprint density at radius 2 is 2.09 bits per heavy atom. The van der Waals surface area contributed by atoms with E-state index in [4.69, 9.17) is 4.74 Å². The molecule has 6 heteroatoms. The first-order valence-electron chi connectivity index (χ1n) is 7.27. The number of carbonyl (C=O) groups excluding carboxylic acids is 1. The van der Waals surface area contributed by atoms with Crippen molar-refractivity contribution in [3.8, 4) is 0 Å². The summed E-state index contributed by atoms with van der Waals surface area (Å²) >= 11 is 1.49. The van der Waals surface area contributed by atoms with E-state index in [0.717, 1.165) is 11.3 Å². The quantitative estimate of drug-likeness (QED) is 0.837. The molecule has 0 radical (unpaired) electrons. The molecule has 0 atom stereocenters. The molecule has 2 rings (SSSR count). The molecular weight excluding hydrogens is 302 g/mol. The highest BCUT2D eigenvalue weighted by Gasteiger charge is 2.41. The number of ether oxygens (including phenoxy) is 1. The molecule has 22 heavy (non-hydrogen) atoms. The molecule has 0 aliphatic carbocycles. The molecule has 2 N–H and O–H groups in total. The van der Waals surface area contributed by atoms with Gasteiger partial charge in [0.1, 0.15) is 5.54 Å². The van der Waals surface area contributed by atoms with Crippen LogP contribution in [0.4, 0.5) is 0 Å². The highest BCUT2D eigenvalue weighted by atomic mass is 32.2. The zero-order valence-corrected chi connectivity index (χ0v) is 13.4. The minimum absolute atomic E-state index is 0.234. The molecule has 1 aromatic rings. The van der Waals surface area contributed by atoms with Crippen LogP contribution in [0, 0.1) is 6.92 Å². The summed E-state index contributed by atoms with van der Waals surface area (Å²) in [7, 11) is 0. The normalized spacial score (nSPS) is 17.0. The van der Waals surface area contributed by atoms with E-state index < -0.39 is 11.5 Å². The summed E-state index contributed by atoms with van der Waals surface area (Å²) in [5, 5.41) is 12.1. The third-order valence-corrected chi connectivity index (χ3v) is 4.72. The number of hydrogen-bond donors (Lipinski definition) is 2. The summed E-state index contributed by atoms with van der Waals surface area (Å²) in [5.74, 6) is -0.225. The molecule has 1 amide bonds. The van der Waals surface area contributed by atoms with Gasteiger partial charge in [-0.25, -0.2) is 4.79 Å². The average molecular weight is 323 g/mol. The Kier molecular flexibility index (Phi) is 5.85. The lowest BCUT2D eigenvalue weighted by molar-refractivity contribution is -0.151. The molecule has 5 nitrogen and oxygen atoms in total. The number of aryl methyl sites for hydroxylation is 1. The van der Waals surface area contributed by atoms with Crippen molar-refractivity contribution < 1.29 is 19.4 Å². The van der Waals surface area contributed by atoms with Crippen LogP contribution in [0.5, 0.6) is 0 Å². The molecule has 1 fully saturated rings. The van der Waals surface area contributed by atoms with Gasteiger partial charge in [-0.3, -0.25) is 4.79 Å². The van der Waals surface area contributed by atoms with Crippen molar-refractivity contribution >= 4 is 23.6 Å². The van der Waals surface area contributed by atoms with Crippen molar-refractivity contribution in [3.63, 3.8) is 0 Å². The highest BCUT2D eigenvalue weighted by Crippen LogP contribution is 2.21. The number of benzene rings is 1. The Morgan fingerprint density at radius 1 is 1.36 bits per heavy atom. The van der Waals surface area contributed by atoms with E-state index in [0.29, 0.717) is 26.1 Å². The van der Waals surface area contributed by atoms with Gasteiger partial charge in [-0.15, -0.1) is 11.8 Å². The van der Waals surface area contributed by atoms with Crippen molar-refractivity contribution in [1.82, 2.24) is 5.32 Å². The Hall–Kier alpha value is -1.53. The minimum atomic E-state index is -1.17. The van der Waals surface area contributed by atoms with Gasteiger partial charge in [-0.1, -0.05) is 29.8 Å². The number of carbonyl (C=O) groups is 2. The largest absolute Gasteiger partial charge is 0.480 e. The van der Waals surface area contributed by atoms with Gasteiger partial charge < -0.3 is 15.2 Å². The third kappa shape index (κ3) is 4.48. The van der Waals surface area contributed by atoms with Gasteiger partial charge in [0.15, 0.2) is 0 Å². The Labute approximate surface area is 134 Å². The van der Waals surface area contributed by atoms with Crippen LogP contribution < -0.4 is 5.32 Å². The van der Waals surface area contributed by atoms with E-state index >= 15 is 0 Å². The fourth-order valence-electron chi connectivity index (χ4n) is 2.48. The molecule has 0 bridgehead atoms. The summed E-state index contributed by atoms with van der Waals surface area (Å²) in [5.41, 5.74) is 1.19. The maximum absolute atomic E-state index is 12.0. The SMILES string of the molecule is Cc1cccc(CSCC(=O)NC2(C(=O)O)CCOCC2)c1. The second kappa shape index (κ2) is 7.65. The van der Waals surface area contributed by atoms with Gasteiger partial charge in [-0.05, 0) is 12.5 Å². The second-order valence-electron chi connectivity index (χ2n) is 5.53. The Morgan fingerprint density at radius 3 is 2.73 bits per heavy atom. The van der Waals surface area contributed by atoms with Crippen molar-refractivity contribution in [2.45, 2.75) is 31.1 Å². The van der Waals surface area contributed by atoms with E-state index in [2.05, 4.69) is 11.4 Å². The molecule has 1 aliphatic heterocycles. The van der Waals surface area contributed by atoms with Crippen LogP contribution in [-0.2, 0) is 20.1 Å². The van der Waals surface area contributed by atoms with E-state index in [1.54, 1.807) is 0 Å². The molecule has 1 heterocycles. The first-order chi connectivity index (χ1) is 10.5. The molecule has 0 aromatic heterocycles. The number of hydrogen-bond acceptors (Lipinski definition) is 4. The lowest BCUT2D eigenvalue weighted by atomic mass is 9.90. The van der Waals surface area contributed by atoms with Crippen LogP contribution >= 0.6 is 11.8 Å². The number of carboxylic acids is 1. The van der Waals surface area contributed by atoms with Crippen molar-refractivity contribution in [2.75, 3.05) is 19.0 Å².